The summed E-state index contributed by atoms with van der Waals surface area (Å²) < 4.78 is 0. The SMILES string of the molecule is CC(C)c1ccc2c(c1)C(=O)C(C)C2C. The lowest BCUT2D eigenvalue weighted by Crippen LogP contribution is -2.06. The van der Waals surface area contributed by atoms with Crippen LogP contribution >= 0.6 is 0 Å². The van der Waals surface area contributed by atoms with Gasteiger partial charge in [0, 0.05) is 11.5 Å². The van der Waals surface area contributed by atoms with Gasteiger partial charge in [0.1, 0.15) is 0 Å². The topological polar surface area (TPSA) is 17.1 Å². The van der Waals surface area contributed by atoms with Gasteiger partial charge in [0.05, 0.1) is 0 Å². The summed E-state index contributed by atoms with van der Waals surface area (Å²) in [7, 11) is 0. The molecule has 0 aliphatic heterocycles. The van der Waals surface area contributed by atoms with Gasteiger partial charge in [-0.1, -0.05) is 39.8 Å². The summed E-state index contributed by atoms with van der Waals surface area (Å²) in [5.74, 6) is 1.35. The number of hydrogen-bond donors (Lipinski definition) is 0. The lowest BCUT2D eigenvalue weighted by atomic mass is 9.95. The minimum absolute atomic E-state index is 0.155. The van der Waals surface area contributed by atoms with Crippen molar-refractivity contribution in [3.8, 4) is 0 Å². The number of carbonyl (C=O) groups is 1. The quantitative estimate of drug-likeness (QED) is 0.678. The Morgan fingerprint density at radius 1 is 1.13 bits per heavy atom. The van der Waals surface area contributed by atoms with Crippen LogP contribution in [0.25, 0.3) is 0 Å². The Balaban J connectivity index is 2.52. The number of benzene rings is 1. The van der Waals surface area contributed by atoms with Crippen LogP contribution in [0.5, 0.6) is 0 Å². The zero-order valence-electron chi connectivity index (χ0n) is 9.87. The summed E-state index contributed by atoms with van der Waals surface area (Å²) in [5.41, 5.74) is 3.46. The van der Waals surface area contributed by atoms with E-state index in [2.05, 4.69) is 39.0 Å². The first-order valence-corrected chi connectivity index (χ1v) is 5.70. The van der Waals surface area contributed by atoms with Gasteiger partial charge in [-0.15, -0.1) is 0 Å². The Bertz CT molecular complexity index is 404. The van der Waals surface area contributed by atoms with Crippen molar-refractivity contribution in [3.63, 3.8) is 0 Å². The fraction of sp³-hybridized carbons (Fsp3) is 0.500. The van der Waals surface area contributed by atoms with E-state index in [1.54, 1.807) is 0 Å². The molecule has 0 radical (unpaired) electrons. The lowest BCUT2D eigenvalue weighted by molar-refractivity contribution is 0.0936. The molecule has 0 amide bonds. The minimum atomic E-state index is 0.155. The van der Waals surface area contributed by atoms with Crippen LogP contribution in [0.1, 0.15) is 61.0 Å². The van der Waals surface area contributed by atoms with E-state index >= 15 is 0 Å². The third-order valence-electron chi connectivity index (χ3n) is 3.66. The molecule has 1 heteroatoms. The number of fused-ring (bicyclic) bond motifs is 1. The average molecular weight is 202 g/mol. The molecule has 0 heterocycles. The Labute approximate surface area is 91.5 Å². The largest absolute Gasteiger partial charge is 0.294 e. The van der Waals surface area contributed by atoms with Crippen molar-refractivity contribution in [2.45, 2.75) is 39.5 Å². The third kappa shape index (κ3) is 1.50. The Morgan fingerprint density at radius 3 is 2.40 bits per heavy atom. The van der Waals surface area contributed by atoms with Crippen molar-refractivity contribution in [3.05, 3.63) is 34.9 Å². The number of carbonyl (C=O) groups excluding carboxylic acids is 1. The molecule has 2 unspecified atom stereocenters. The van der Waals surface area contributed by atoms with E-state index < -0.39 is 0 Å². The van der Waals surface area contributed by atoms with E-state index in [1.165, 1.54) is 11.1 Å². The number of Topliss-reactive ketones (excluding diaryl/α,β-unsaturated/α-hetero) is 1. The monoisotopic (exact) mass is 202 g/mol. The van der Waals surface area contributed by atoms with Gasteiger partial charge in [0.15, 0.2) is 5.78 Å². The lowest BCUT2D eigenvalue weighted by Gasteiger charge is -2.09. The van der Waals surface area contributed by atoms with E-state index in [0.29, 0.717) is 17.6 Å². The molecule has 0 N–H and O–H groups in total. The van der Waals surface area contributed by atoms with Crippen LogP contribution in [0, 0.1) is 5.92 Å². The molecule has 0 fully saturated rings. The molecule has 0 saturated carbocycles. The predicted octanol–water partition coefficient (Wildman–Crippen LogP) is 3.75. The zero-order valence-corrected chi connectivity index (χ0v) is 9.87. The van der Waals surface area contributed by atoms with Crippen molar-refractivity contribution >= 4 is 5.78 Å². The number of hydrogen-bond acceptors (Lipinski definition) is 1. The molecule has 0 saturated heterocycles. The predicted molar refractivity (Wildman–Crippen MR) is 62.4 cm³/mol. The van der Waals surface area contributed by atoms with E-state index in [9.17, 15) is 4.79 Å². The smallest absolute Gasteiger partial charge is 0.166 e. The van der Waals surface area contributed by atoms with Crippen molar-refractivity contribution in [2.24, 2.45) is 5.92 Å². The Morgan fingerprint density at radius 2 is 1.80 bits per heavy atom. The van der Waals surface area contributed by atoms with Crippen molar-refractivity contribution in [1.29, 1.82) is 0 Å². The second kappa shape index (κ2) is 3.48. The summed E-state index contributed by atoms with van der Waals surface area (Å²) in [6.07, 6.45) is 0. The van der Waals surface area contributed by atoms with Crippen LogP contribution in [0.2, 0.25) is 0 Å². The average Bonchev–Trinajstić information content (AvgIpc) is 2.44. The fourth-order valence-electron chi connectivity index (χ4n) is 2.29. The van der Waals surface area contributed by atoms with E-state index in [4.69, 9.17) is 0 Å². The summed E-state index contributed by atoms with van der Waals surface area (Å²) in [5, 5.41) is 0. The third-order valence-corrected chi connectivity index (χ3v) is 3.66. The van der Waals surface area contributed by atoms with E-state index in [-0.39, 0.29) is 5.92 Å². The molecule has 2 atom stereocenters. The van der Waals surface area contributed by atoms with Gasteiger partial charge >= 0.3 is 0 Å². The fourth-order valence-corrected chi connectivity index (χ4v) is 2.29. The molecular formula is C14H18O. The maximum Gasteiger partial charge on any atom is 0.166 e. The second-order valence-electron chi connectivity index (χ2n) is 4.94. The van der Waals surface area contributed by atoms with Crippen molar-refractivity contribution in [2.75, 3.05) is 0 Å². The molecule has 0 aromatic heterocycles. The molecular weight excluding hydrogens is 184 g/mol. The Hall–Kier alpha value is -1.11. The van der Waals surface area contributed by atoms with Crippen molar-refractivity contribution in [1.82, 2.24) is 0 Å². The molecule has 0 bridgehead atoms. The van der Waals surface area contributed by atoms with Gasteiger partial charge in [-0.05, 0) is 29.0 Å². The maximum absolute atomic E-state index is 12.0. The first kappa shape index (κ1) is 10.4. The van der Waals surface area contributed by atoms with Crippen LogP contribution in [0.3, 0.4) is 0 Å². The highest BCUT2D eigenvalue weighted by Gasteiger charge is 2.33. The molecule has 80 valence electrons. The molecule has 1 aromatic carbocycles. The molecule has 1 aromatic rings. The maximum atomic E-state index is 12.0. The van der Waals surface area contributed by atoms with Crippen LogP contribution in [0.15, 0.2) is 18.2 Å². The van der Waals surface area contributed by atoms with E-state index in [0.717, 1.165) is 5.56 Å². The summed E-state index contributed by atoms with van der Waals surface area (Å²) in [6, 6.07) is 6.38. The highest BCUT2D eigenvalue weighted by molar-refractivity contribution is 6.03. The number of ketones is 1. The normalized spacial score (nSPS) is 24.7. The van der Waals surface area contributed by atoms with Crippen LogP contribution in [-0.2, 0) is 0 Å². The molecule has 0 spiro atoms. The van der Waals surface area contributed by atoms with E-state index in [1.807, 2.05) is 6.92 Å². The highest BCUT2D eigenvalue weighted by atomic mass is 16.1. The first-order chi connectivity index (χ1) is 7.02. The molecule has 1 aliphatic carbocycles. The van der Waals surface area contributed by atoms with Gasteiger partial charge in [-0.25, -0.2) is 0 Å². The first-order valence-electron chi connectivity index (χ1n) is 5.70. The van der Waals surface area contributed by atoms with Gasteiger partial charge in [-0.3, -0.25) is 4.79 Å². The van der Waals surface area contributed by atoms with Crippen molar-refractivity contribution < 1.29 is 4.79 Å². The molecule has 15 heavy (non-hydrogen) atoms. The van der Waals surface area contributed by atoms with Crippen LogP contribution in [0.4, 0.5) is 0 Å². The number of rotatable bonds is 1. The van der Waals surface area contributed by atoms with Crippen LogP contribution < -0.4 is 0 Å². The minimum Gasteiger partial charge on any atom is -0.294 e. The Kier molecular flexibility index (Phi) is 2.41. The summed E-state index contributed by atoms with van der Waals surface area (Å²) in [4.78, 5) is 12.0. The molecule has 1 aliphatic rings. The van der Waals surface area contributed by atoms with Gasteiger partial charge in [0.2, 0.25) is 0 Å². The summed E-state index contributed by atoms with van der Waals surface area (Å²) in [6.45, 7) is 8.49. The zero-order chi connectivity index (χ0) is 11.2. The standard InChI is InChI=1S/C14H18O/c1-8(2)11-5-6-12-9(3)10(4)14(15)13(12)7-11/h5-10H,1-4H3. The molecule has 1 nitrogen and oxygen atoms in total. The van der Waals surface area contributed by atoms with Gasteiger partial charge in [-0.2, -0.15) is 0 Å². The molecule has 2 rings (SSSR count). The second-order valence-corrected chi connectivity index (χ2v) is 4.94. The van der Waals surface area contributed by atoms with Gasteiger partial charge in [0.25, 0.3) is 0 Å². The highest BCUT2D eigenvalue weighted by Crippen LogP contribution is 2.38. The van der Waals surface area contributed by atoms with Gasteiger partial charge < -0.3 is 0 Å². The van der Waals surface area contributed by atoms with Crippen LogP contribution in [-0.4, -0.2) is 5.78 Å². The summed E-state index contributed by atoms with van der Waals surface area (Å²) >= 11 is 0.